The maximum Gasteiger partial charge on any atom is 0.266 e. The number of benzene rings is 2. The van der Waals surface area contributed by atoms with E-state index in [0.29, 0.717) is 10.4 Å². The van der Waals surface area contributed by atoms with Gasteiger partial charge in [-0.15, -0.1) is 0 Å². The first-order valence-corrected chi connectivity index (χ1v) is 8.16. The quantitative estimate of drug-likeness (QED) is 0.848. The highest BCUT2D eigenvalue weighted by molar-refractivity contribution is 7.91. The molecule has 0 atom stereocenters. The molecule has 1 aliphatic heterocycles. The van der Waals surface area contributed by atoms with Crippen molar-refractivity contribution in [3.05, 3.63) is 41.4 Å². The van der Waals surface area contributed by atoms with Crippen LogP contribution in [0.3, 0.4) is 0 Å². The number of nitrogens with one attached hydrogen (secondary N) is 1. The number of thiocarbonyl (C=S) groups is 1. The van der Waals surface area contributed by atoms with Crippen LogP contribution >= 0.6 is 23.8 Å². The lowest BCUT2D eigenvalue weighted by Crippen LogP contribution is -2.34. The first-order valence-electron chi connectivity index (χ1n) is 5.94. The Morgan fingerprint density at radius 3 is 2.52 bits per heavy atom. The van der Waals surface area contributed by atoms with Gasteiger partial charge in [0.2, 0.25) is 5.91 Å². The molecular weight excluding hydrogens is 332 g/mol. The SMILES string of the molecule is O=C1CN(S(=O)(=O)c2ccc3ccc(Cl)cc3c2)C(=S)N1. The third kappa shape index (κ3) is 2.48. The number of hydrogen-bond donors (Lipinski definition) is 1. The van der Waals surface area contributed by atoms with E-state index in [1.54, 1.807) is 24.3 Å². The van der Waals surface area contributed by atoms with Gasteiger partial charge in [0.15, 0.2) is 5.11 Å². The number of carbonyl (C=O) groups excluding carboxylic acids is 1. The molecule has 3 rings (SSSR count). The minimum Gasteiger partial charge on any atom is -0.301 e. The number of nitrogens with zero attached hydrogens (tertiary/aromatic N) is 1. The molecule has 0 spiro atoms. The predicted molar refractivity (Wildman–Crippen MR) is 83.6 cm³/mol. The molecule has 1 saturated heterocycles. The van der Waals surface area contributed by atoms with Crippen molar-refractivity contribution in [2.24, 2.45) is 0 Å². The fourth-order valence-corrected chi connectivity index (χ4v) is 4.08. The van der Waals surface area contributed by atoms with Crippen molar-refractivity contribution in [1.29, 1.82) is 0 Å². The topological polar surface area (TPSA) is 66.5 Å². The van der Waals surface area contributed by atoms with Crippen LogP contribution in [0.5, 0.6) is 0 Å². The average Bonchev–Trinajstić information content (AvgIpc) is 2.77. The van der Waals surface area contributed by atoms with E-state index in [-0.39, 0.29) is 16.6 Å². The largest absolute Gasteiger partial charge is 0.301 e. The Balaban J connectivity index is 2.10. The fraction of sp³-hybridized carbons (Fsp3) is 0.0769. The lowest BCUT2D eigenvalue weighted by molar-refractivity contribution is -0.118. The monoisotopic (exact) mass is 340 g/mol. The van der Waals surface area contributed by atoms with Gasteiger partial charge in [-0.3, -0.25) is 4.79 Å². The van der Waals surface area contributed by atoms with Crippen molar-refractivity contribution >= 4 is 55.6 Å². The van der Waals surface area contributed by atoms with Crippen molar-refractivity contribution < 1.29 is 13.2 Å². The summed E-state index contributed by atoms with van der Waals surface area (Å²) in [4.78, 5) is 11.3. The van der Waals surface area contributed by atoms with E-state index in [1.807, 2.05) is 0 Å². The van der Waals surface area contributed by atoms with Gasteiger partial charge in [-0.1, -0.05) is 23.7 Å². The molecule has 8 heteroatoms. The maximum atomic E-state index is 12.5. The molecule has 0 aliphatic carbocycles. The molecule has 0 bridgehead atoms. The second-order valence-corrected chi connectivity index (χ2v) is 7.20. The average molecular weight is 341 g/mol. The van der Waals surface area contributed by atoms with Crippen molar-refractivity contribution in [2.75, 3.05) is 6.54 Å². The highest BCUT2D eigenvalue weighted by Gasteiger charge is 2.34. The molecule has 0 radical (unpaired) electrons. The summed E-state index contributed by atoms with van der Waals surface area (Å²) in [5.41, 5.74) is 0. The minimum absolute atomic E-state index is 0.0658. The summed E-state index contributed by atoms with van der Waals surface area (Å²) in [6.07, 6.45) is 0. The molecule has 5 nitrogen and oxygen atoms in total. The van der Waals surface area contributed by atoms with Crippen LogP contribution in [0.2, 0.25) is 5.02 Å². The van der Waals surface area contributed by atoms with Gasteiger partial charge in [0.05, 0.1) is 4.90 Å². The van der Waals surface area contributed by atoms with Crippen LogP contribution in [0.15, 0.2) is 41.3 Å². The Kier molecular flexibility index (Phi) is 3.35. The molecule has 2 aromatic carbocycles. The van der Waals surface area contributed by atoms with Gasteiger partial charge in [0.1, 0.15) is 6.54 Å². The van der Waals surface area contributed by atoms with Gasteiger partial charge >= 0.3 is 0 Å². The van der Waals surface area contributed by atoms with Crippen LogP contribution in [0, 0.1) is 0 Å². The highest BCUT2D eigenvalue weighted by atomic mass is 35.5. The molecule has 1 aliphatic rings. The molecule has 21 heavy (non-hydrogen) atoms. The Morgan fingerprint density at radius 1 is 1.14 bits per heavy atom. The van der Waals surface area contributed by atoms with E-state index in [1.165, 1.54) is 12.1 Å². The van der Waals surface area contributed by atoms with Gasteiger partial charge in [0, 0.05) is 5.02 Å². The van der Waals surface area contributed by atoms with E-state index in [0.717, 1.165) is 9.69 Å². The van der Waals surface area contributed by atoms with Gasteiger partial charge in [-0.25, -0.2) is 12.7 Å². The zero-order chi connectivity index (χ0) is 15.2. The van der Waals surface area contributed by atoms with Crippen LogP contribution < -0.4 is 5.32 Å². The summed E-state index contributed by atoms with van der Waals surface area (Å²) in [6.45, 7) is -0.297. The predicted octanol–water partition coefficient (Wildman–Crippen LogP) is 1.90. The van der Waals surface area contributed by atoms with Crippen molar-refractivity contribution in [1.82, 2.24) is 9.62 Å². The number of sulfonamides is 1. The molecule has 108 valence electrons. The lowest BCUT2D eigenvalue weighted by Gasteiger charge is -2.16. The van der Waals surface area contributed by atoms with E-state index in [2.05, 4.69) is 5.32 Å². The van der Waals surface area contributed by atoms with Gasteiger partial charge < -0.3 is 5.32 Å². The van der Waals surface area contributed by atoms with E-state index in [4.69, 9.17) is 23.8 Å². The minimum atomic E-state index is -3.86. The molecule has 0 unspecified atom stereocenters. The summed E-state index contributed by atoms with van der Waals surface area (Å²) in [7, 11) is -3.86. The number of hydrogen-bond acceptors (Lipinski definition) is 4. The van der Waals surface area contributed by atoms with Crippen LogP contribution in [0.4, 0.5) is 0 Å². The number of amides is 1. The van der Waals surface area contributed by atoms with E-state index in [9.17, 15) is 13.2 Å². The smallest absolute Gasteiger partial charge is 0.266 e. The second-order valence-electron chi connectivity index (χ2n) is 4.52. The third-order valence-corrected chi connectivity index (χ3v) is 5.54. The number of carbonyl (C=O) groups is 1. The third-order valence-electron chi connectivity index (χ3n) is 3.12. The fourth-order valence-electron chi connectivity index (χ4n) is 2.10. The Hall–Kier alpha value is -1.70. The standard InChI is InChI=1S/C13H9ClN2O3S2/c14-10-3-1-8-2-4-11(6-9(8)5-10)21(18,19)16-7-12(17)15-13(16)20/h1-6H,7H2,(H,15,17,20). The van der Waals surface area contributed by atoms with Crippen LogP contribution in [-0.4, -0.2) is 30.3 Å². The second kappa shape index (κ2) is 4.94. The van der Waals surface area contributed by atoms with Crippen molar-refractivity contribution in [3.63, 3.8) is 0 Å². The molecule has 0 saturated carbocycles. The zero-order valence-electron chi connectivity index (χ0n) is 10.5. The number of halogens is 1. The van der Waals surface area contributed by atoms with Crippen LogP contribution in [0.1, 0.15) is 0 Å². The Morgan fingerprint density at radius 2 is 1.86 bits per heavy atom. The summed E-state index contributed by atoms with van der Waals surface area (Å²) in [6, 6.07) is 9.91. The molecule has 1 N–H and O–H groups in total. The van der Waals surface area contributed by atoms with Crippen LogP contribution in [-0.2, 0) is 14.8 Å². The van der Waals surface area contributed by atoms with Gasteiger partial charge in [0.25, 0.3) is 10.0 Å². The molecule has 1 heterocycles. The number of fused-ring (bicyclic) bond motifs is 1. The van der Waals surface area contributed by atoms with E-state index < -0.39 is 15.9 Å². The number of rotatable bonds is 2. The van der Waals surface area contributed by atoms with Crippen LogP contribution in [0.25, 0.3) is 10.8 Å². The highest BCUT2D eigenvalue weighted by Crippen LogP contribution is 2.25. The van der Waals surface area contributed by atoms with Gasteiger partial charge in [-0.05, 0) is 47.3 Å². The summed E-state index contributed by atoms with van der Waals surface area (Å²) >= 11 is 10.8. The molecule has 2 aromatic rings. The first-order chi connectivity index (χ1) is 9.88. The molecule has 0 aromatic heterocycles. The Bertz CT molecular complexity index is 880. The van der Waals surface area contributed by atoms with E-state index >= 15 is 0 Å². The van der Waals surface area contributed by atoms with Crippen molar-refractivity contribution in [3.8, 4) is 0 Å². The zero-order valence-corrected chi connectivity index (χ0v) is 12.9. The summed E-state index contributed by atoms with van der Waals surface area (Å²) in [5.74, 6) is -0.438. The lowest BCUT2D eigenvalue weighted by atomic mass is 10.1. The van der Waals surface area contributed by atoms with Gasteiger partial charge in [-0.2, -0.15) is 0 Å². The molecular formula is C13H9ClN2O3S2. The molecule has 1 amide bonds. The van der Waals surface area contributed by atoms with Crippen molar-refractivity contribution in [2.45, 2.75) is 4.90 Å². The first kappa shape index (κ1) is 14.2. The summed E-state index contributed by atoms with van der Waals surface area (Å²) < 4.78 is 25.9. The Labute approximate surface area is 131 Å². The molecule has 1 fully saturated rings. The maximum absolute atomic E-state index is 12.5. The summed E-state index contributed by atoms with van der Waals surface area (Å²) in [5, 5.41) is 4.29. The normalized spacial score (nSPS) is 15.6.